The first kappa shape index (κ1) is 20.6. The van der Waals surface area contributed by atoms with Crippen molar-refractivity contribution < 1.29 is 22.7 Å². The fourth-order valence-corrected chi connectivity index (χ4v) is 3.44. The Kier molecular flexibility index (Phi) is 6.68. The van der Waals surface area contributed by atoms with Crippen molar-refractivity contribution in [2.45, 2.75) is 13.3 Å². The minimum atomic E-state index is -3.63. The van der Waals surface area contributed by atoms with Crippen LogP contribution in [0.25, 0.3) is 0 Å². The van der Waals surface area contributed by atoms with E-state index in [4.69, 9.17) is 9.47 Å². The maximum absolute atomic E-state index is 12.3. The summed E-state index contributed by atoms with van der Waals surface area (Å²) in [6, 6.07) is 12.2. The Morgan fingerprint density at radius 2 is 1.74 bits per heavy atom. The van der Waals surface area contributed by atoms with Gasteiger partial charge in [0, 0.05) is 24.7 Å². The lowest BCUT2D eigenvalue weighted by Gasteiger charge is -2.24. The fourth-order valence-electron chi connectivity index (χ4n) is 2.52. The van der Waals surface area contributed by atoms with E-state index in [-0.39, 0.29) is 18.9 Å². The standard InChI is InChI=1S/C19H24N2O5S/c1-14-5-7-15(8-6-14)20-19(22)11-12-21(27(4,23)24)17-13-16(25-2)9-10-18(17)26-3/h5-10,13H,11-12H2,1-4H3,(H,20,22). The summed E-state index contributed by atoms with van der Waals surface area (Å²) in [5, 5.41) is 2.76. The Balaban J connectivity index is 2.18. The Morgan fingerprint density at radius 1 is 1.07 bits per heavy atom. The molecule has 0 heterocycles. The van der Waals surface area contributed by atoms with E-state index in [1.807, 2.05) is 19.1 Å². The number of methoxy groups -OCH3 is 2. The van der Waals surface area contributed by atoms with E-state index in [1.165, 1.54) is 14.2 Å². The summed E-state index contributed by atoms with van der Waals surface area (Å²) in [5.41, 5.74) is 2.07. The molecule has 0 aliphatic carbocycles. The molecule has 8 heteroatoms. The summed E-state index contributed by atoms with van der Waals surface area (Å²) < 4.78 is 36.2. The molecule has 7 nitrogen and oxygen atoms in total. The number of carbonyl (C=O) groups excluding carboxylic acids is 1. The van der Waals surface area contributed by atoms with Crippen molar-refractivity contribution in [3.05, 3.63) is 48.0 Å². The van der Waals surface area contributed by atoms with Crippen molar-refractivity contribution in [1.29, 1.82) is 0 Å². The molecule has 0 fully saturated rings. The molecule has 0 atom stereocenters. The third kappa shape index (κ3) is 5.62. The van der Waals surface area contributed by atoms with Crippen LogP contribution < -0.4 is 19.1 Å². The molecule has 1 N–H and O–H groups in total. The average molecular weight is 392 g/mol. The number of anilines is 2. The lowest BCUT2D eigenvalue weighted by Crippen LogP contribution is -2.33. The van der Waals surface area contributed by atoms with Gasteiger partial charge in [-0.25, -0.2) is 8.42 Å². The third-order valence-corrected chi connectivity index (χ3v) is 5.11. The molecule has 2 aromatic rings. The second-order valence-electron chi connectivity index (χ2n) is 6.04. The van der Waals surface area contributed by atoms with Crippen molar-refractivity contribution in [2.24, 2.45) is 0 Å². The van der Waals surface area contributed by atoms with Crippen LogP contribution in [-0.2, 0) is 14.8 Å². The zero-order valence-electron chi connectivity index (χ0n) is 15.9. The van der Waals surface area contributed by atoms with E-state index in [1.54, 1.807) is 30.3 Å². The molecule has 2 aromatic carbocycles. The van der Waals surface area contributed by atoms with E-state index in [9.17, 15) is 13.2 Å². The van der Waals surface area contributed by atoms with Gasteiger partial charge < -0.3 is 14.8 Å². The maximum atomic E-state index is 12.3. The van der Waals surface area contributed by atoms with Gasteiger partial charge in [-0.3, -0.25) is 9.10 Å². The first-order valence-electron chi connectivity index (χ1n) is 8.31. The second kappa shape index (κ2) is 8.77. The second-order valence-corrected chi connectivity index (χ2v) is 7.94. The fraction of sp³-hybridized carbons (Fsp3) is 0.316. The molecule has 0 aliphatic heterocycles. The highest BCUT2D eigenvalue weighted by molar-refractivity contribution is 7.92. The smallest absolute Gasteiger partial charge is 0.232 e. The van der Waals surface area contributed by atoms with Gasteiger partial charge in [0.25, 0.3) is 0 Å². The predicted octanol–water partition coefficient (Wildman–Crippen LogP) is 2.81. The van der Waals surface area contributed by atoms with E-state index < -0.39 is 10.0 Å². The first-order valence-corrected chi connectivity index (χ1v) is 10.2. The number of rotatable bonds is 8. The Labute approximate surface area is 160 Å². The number of benzene rings is 2. The van der Waals surface area contributed by atoms with Crippen molar-refractivity contribution in [1.82, 2.24) is 0 Å². The Morgan fingerprint density at radius 3 is 2.30 bits per heavy atom. The Hall–Kier alpha value is -2.74. The van der Waals surface area contributed by atoms with E-state index >= 15 is 0 Å². The normalized spacial score (nSPS) is 11.0. The predicted molar refractivity (Wildman–Crippen MR) is 106 cm³/mol. The molecular weight excluding hydrogens is 368 g/mol. The molecular formula is C19H24N2O5S. The van der Waals surface area contributed by atoms with Crippen LogP contribution in [0.15, 0.2) is 42.5 Å². The monoisotopic (exact) mass is 392 g/mol. The number of nitrogens with one attached hydrogen (secondary N) is 1. The van der Waals surface area contributed by atoms with Crippen molar-refractivity contribution in [3.8, 4) is 11.5 Å². The third-order valence-electron chi connectivity index (χ3n) is 3.93. The first-order chi connectivity index (χ1) is 12.7. The number of carbonyl (C=O) groups is 1. The number of hydrogen-bond donors (Lipinski definition) is 1. The van der Waals surface area contributed by atoms with Crippen LogP contribution in [0.3, 0.4) is 0 Å². The Bertz CT molecular complexity index is 895. The minimum absolute atomic E-state index is 0.0126. The molecule has 0 aliphatic rings. The summed E-state index contributed by atoms with van der Waals surface area (Å²) >= 11 is 0. The van der Waals surface area contributed by atoms with Gasteiger partial charge in [-0.05, 0) is 31.2 Å². The number of sulfonamides is 1. The van der Waals surface area contributed by atoms with Crippen molar-refractivity contribution >= 4 is 27.3 Å². The molecule has 1 amide bonds. The lowest BCUT2D eigenvalue weighted by atomic mass is 10.2. The van der Waals surface area contributed by atoms with Crippen molar-refractivity contribution in [3.63, 3.8) is 0 Å². The highest BCUT2D eigenvalue weighted by Crippen LogP contribution is 2.33. The van der Waals surface area contributed by atoms with Gasteiger partial charge in [0.05, 0.1) is 26.2 Å². The zero-order chi connectivity index (χ0) is 20.0. The average Bonchev–Trinajstić information content (AvgIpc) is 2.62. The molecule has 0 saturated heterocycles. The summed E-state index contributed by atoms with van der Waals surface area (Å²) in [7, 11) is -0.686. The maximum Gasteiger partial charge on any atom is 0.232 e. The number of aryl methyl sites for hydroxylation is 1. The molecule has 0 bridgehead atoms. The summed E-state index contributed by atoms with van der Waals surface area (Å²) in [5.74, 6) is 0.582. The molecule has 2 rings (SSSR count). The van der Waals surface area contributed by atoms with Crippen LogP contribution >= 0.6 is 0 Å². The molecule has 0 aromatic heterocycles. The van der Waals surface area contributed by atoms with Gasteiger partial charge in [0.15, 0.2) is 0 Å². The highest BCUT2D eigenvalue weighted by Gasteiger charge is 2.22. The van der Waals surface area contributed by atoms with Gasteiger partial charge in [-0.15, -0.1) is 0 Å². The molecule has 0 radical (unpaired) electrons. The zero-order valence-corrected chi connectivity index (χ0v) is 16.7. The van der Waals surface area contributed by atoms with Gasteiger partial charge in [0.2, 0.25) is 15.9 Å². The van der Waals surface area contributed by atoms with Gasteiger partial charge in [-0.2, -0.15) is 0 Å². The number of hydrogen-bond acceptors (Lipinski definition) is 5. The quantitative estimate of drug-likeness (QED) is 0.747. The summed E-state index contributed by atoms with van der Waals surface area (Å²) in [6.45, 7) is 1.93. The van der Waals surface area contributed by atoms with Gasteiger partial charge in [0.1, 0.15) is 11.5 Å². The largest absolute Gasteiger partial charge is 0.497 e. The number of ether oxygens (including phenoxy) is 2. The summed E-state index contributed by atoms with van der Waals surface area (Å²) in [6.07, 6.45) is 1.07. The topological polar surface area (TPSA) is 84.9 Å². The molecule has 0 unspecified atom stereocenters. The van der Waals surface area contributed by atoms with E-state index in [2.05, 4.69) is 5.32 Å². The number of amides is 1. The van der Waals surface area contributed by atoms with Gasteiger partial charge >= 0.3 is 0 Å². The lowest BCUT2D eigenvalue weighted by molar-refractivity contribution is -0.116. The van der Waals surface area contributed by atoms with E-state index in [0.717, 1.165) is 16.1 Å². The summed E-state index contributed by atoms with van der Waals surface area (Å²) in [4.78, 5) is 12.2. The molecule has 0 spiro atoms. The highest BCUT2D eigenvalue weighted by atomic mass is 32.2. The van der Waals surface area contributed by atoms with Crippen LogP contribution in [0.2, 0.25) is 0 Å². The molecule has 27 heavy (non-hydrogen) atoms. The van der Waals surface area contributed by atoms with Crippen LogP contribution in [-0.4, -0.2) is 41.3 Å². The van der Waals surface area contributed by atoms with E-state index in [0.29, 0.717) is 22.9 Å². The SMILES string of the molecule is COc1ccc(OC)c(N(CCC(=O)Nc2ccc(C)cc2)S(C)(=O)=O)c1. The van der Waals surface area contributed by atoms with Crippen LogP contribution in [0.5, 0.6) is 11.5 Å². The number of nitrogens with zero attached hydrogens (tertiary/aromatic N) is 1. The van der Waals surface area contributed by atoms with Crippen LogP contribution in [0, 0.1) is 6.92 Å². The van der Waals surface area contributed by atoms with Gasteiger partial charge in [-0.1, -0.05) is 17.7 Å². The molecule has 146 valence electrons. The molecule has 0 saturated carbocycles. The minimum Gasteiger partial charge on any atom is -0.497 e. The van der Waals surface area contributed by atoms with Crippen LogP contribution in [0.4, 0.5) is 11.4 Å². The van der Waals surface area contributed by atoms with Crippen molar-refractivity contribution in [2.75, 3.05) is 36.6 Å². The van der Waals surface area contributed by atoms with Crippen LogP contribution in [0.1, 0.15) is 12.0 Å².